The molecule has 0 amide bonds. The van der Waals surface area contributed by atoms with Gasteiger partial charge >= 0.3 is 5.97 Å². The van der Waals surface area contributed by atoms with Crippen LogP contribution in [-0.2, 0) is 42.7 Å². The van der Waals surface area contributed by atoms with E-state index in [4.69, 9.17) is 43.0 Å². The summed E-state index contributed by atoms with van der Waals surface area (Å²) in [5, 5.41) is 48.3. The second-order valence-corrected chi connectivity index (χ2v) is 20.5. The number of aliphatic hydroxyl groups excluding tert-OH is 2. The maximum atomic E-state index is 12.2. The number of aliphatic carboxylic acids is 1. The van der Waals surface area contributed by atoms with Gasteiger partial charge in [0.15, 0.2) is 23.1 Å². The number of carbonyl (C=O) groups is 1. The third-order valence-electron chi connectivity index (χ3n) is 15.6. The Balaban J connectivity index is 0.846. The first kappa shape index (κ1) is 43.5. The monoisotopic (exact) mass is 843 g/mol. The van der Waals surface area contributed by atoms with Gasteiger partial charge in [-0.25, -0.2) is 0 Å². The van der Waals surface area contributed by atoms with Crippen LogP contribution in [0.5, 0.6) is 0 Å². The number of ether oxygens (including phenoxy) is 8. The van der Waals surface area contributed by atoms with Crippen LogP contribution in [0.3, 0.4) is 0 Å². The lowest BCUT2D eigenvalue weighted by Crippen LogP contribution is -2.61. The highest BCUT2D eigenvalue weighted by Gasteiger charge is 2.64. The minimum Gasteiger partial charge on any atom is -0.481 e. The molecule has 9 aliphatic rings. The summed E-state index contributed by atoms with van der Waals surface area (Å²) in [7, 11) is 0. The van der Waals surface area contributed by atoms with Crippen LogP contribution < -0.4 is 5.32 Å². The van der Waals surface area contributed by atoms with Crippen molar-refractivity contribution in [1.29, 1.82) is 0 Å². The van der Waals surface area contributed by atoms with E-state index in [1.165, 1.54) is 0 Å². The van der Waals surface area contributed by atoms with Gasteiger partial charge in [-0.05, 0) is 61.5 Å². The largest absolute Gasteiger partial charge is 0.481 e. The molecule has 2 bridgehead atoms. The SMILES string of the molecule is C=C(CC12CC(C)CC(O1)C1OC3(CC1O2)NCC(C)CC3C)C1OC(O)(C(O)C2CC3OC4(CCC5(C=CCC(C=CCCC(=O)O)O5)O4)C(C)CC3O2)CC(O)C1C. The summed E-state index contributed by atoms with van der Waals surface area (Å²) in [4.78, 5) is 10.9. The molecule has 20 atom stereocenters. The predicted molar refractivity (Wildman–Crippen MR) is 216 cm³/mol. The molecule has 0 aromatic rings. The number of hydrogen-bond acceptors (Lipinski definition) is 13. The minimum absolute atomic E-state index is 0.0600. The zero-order valence-corrected chi connectivity index (χ0v) is 36.0. The standard InChI is InChI=1S/C46H69NO13/c1-25-17-35-40-37(23-44(58-40)28(4)16-26(2)24-47-44)56-43(20-25,55-35)21-27(3)39-30(6)32(48)22-45(52,59-39)41(51)36-19-34-33(53-36)18-29(5)46(57-34)15-14-42(60-46)13-9-11-31(54-42)10-7-8-12-38(49)50/h7,9-10,13,25-26,28-37,39-41,47-48,51-52H,3,8,11-12,14-24H2,1-2,4-6H3,(H,49,50). The van der Waals surface area contributed by atoms with E-state index < -0.39 is 71.3 Å². The van der Waals surface area contributed by atoms with Crippen molar-refractivity contribution in [3.05, 3.63) is 36.5 Å². The van der Waals surface area contributed by atoms with Gasteiger partial charge in [0.25, 0.3) is 0 Å². The van der Waals surface area contributed by atoms with Crippen LogP contribution >= 0.6 is 0 Å². The molecule has 20 unspecified atom stereocenters. The summed E-state index contributed by atoms with van der Waals surface area (Å²) < 4.78 is 53.6. The van der Waals surface area contributed by atoms with Crippen molar-refractivity contribution in [3.63, 3.8) is 0 Å². The van der Waals surface area contributed by atoms with Crippen molar-refractivity contribution >= 4 is 5.97 Å². The number of allylic oxidation sites excluding steroid dienone is 1. The number of nitrogens with one attached hydrogen (secondary N) is 1. The molecule has 14 nitrogen and oxygen atoms in total. The van der Waals surface area contributed by atoms with E-state index in [1.807, 2.05) is 31.2 Å². The Morgan fingerprint density at radius 2 is 1.70 bits per heavy atom. The molecule has 336 valence electrons. The van der Waals surface area contributed by atoms with Gasteiger partial charge in [-0.3, -0.25) is 10.1 Å². The van der Waals surface area contributed by atoms with Crippen molar-refractivity contribution in [3.8, 4) is 0 Å². The summed E-state index contributed by atoms with van der Waals surface area (Å²) in [6.45, 7) is 16.1. The van der Waals surface area contributed by atoms with Gasteiger partial charge in [0.1, 0.15) is 17.9 Å². The lowest BCUT2D eigenvalue weighted by Gasteiger charge is -2.53. The Bertz CT molecular complexity index is 1690. The molecular weight excluding hydrogens is 775 g/mol. The van der Waals surface area contributed by atoms with E-state index in [-0.39, 0.29) is 49.3 Å². The van der Waals surface area contributed by atoms with Crippen molar-refractivity contribution in [1.82, 2.24) is 5.32 Å². The van der Waals surface area contributed by atoms with Crippen molar-refractivity contribution < 1.29 is 63.1 Å². The van der Waals surface area contributed by atoms with Crippen molar-refractivity contribution in [2.75, 3.05) is 6.54 Å². The van der Waals surface area contributed by atoms with Crippen LogP contribution in [0.4, 0.5) is 0 Å². The maximum Gasteiger partial charge on any atom is 0.303 e. The molecule has 9 aliphatic heterocycles. The number of carboxylic acids is 1. The fourth-order valence-corrected chi connectivity index (χ4v) is 12.4. The molecule has 9 rings (SSSR count). The molecular formula is C46H69NO13. The molecule has 9 heterocycles. The average Bonchev–Trinajstić information content (AvgIpc) is 3.87. The van der Waals surface area contributed by atoms with Gasteiger partial charge in [0.05, 0.1) is 48.8 Å². The summed E-state index contributed by atoms with van der Waals surface area (Å²) in [5.41, 5.74) is 0.196. The molecule has 3 spiro atoms. The first-order chi connectivity index (χ1) is 28.4. The smallest absolute Gasteiger partial charge is 0.303 e. The van der Waals surface area contributed by atoms with E-state index in [9.17, 15) is 20.1 Å². The van der Waals surface area contributed by atoms with Gasteiger partial charge < -0.3 is 58.3 Å². The van der Waals surface area contributed by atoms with Crippen LogP contribution in [0, 0.1) is 29.6 Å². The van der Waals surface area contributed by atoms with E-state index in [0.29, 0.717) is 74.7 Å². The summed E-state index contributed by atoms with van der Waals surface area (Å²) in [6, 6.07) is 0. The molecule has 0 radical (unpaired) electrons. The number of carboxylic acid groups (broad SMARTS) is 1. The first-order valence-electron chi connectivity index (χ1n) is 22.9. The van der Waals surface area contributed by atoms with E-state index in [0.717, 1.165) is 25.8 Å². The zero-order valence-electron chi connectivity index (χ0n) is 36.0. The van der Waals surface area contributed by atoms with Gasteiger partial charge in [0, 0.05) is 69.7 Å². The van der Waals surface area contributed by atoms with Crippen molar-refractivity contribution in [2.45, 2.75) is 208 Å². The third-order valence-corrected chi connectivity index (χ3v) is 15.6. The number of aliphatic hydroxyl groups is 3. The van der Waals surface area contributed by atoms with Crippen LogP contribution in [0.1, 0.15) is 118 Å². The fourth-order valence-electron chi connectivity index (χ4n) is 12.4. The Morgan fingerprint density at radius 1 is 0.900 bits per heavy atom. The van der Waals surface area contributed by atoms with Gasteiger partial charge in [0.2, 0.25) is 0 Å². The van der Waals surface area contributed by atoms with Gasteiger partial charge in [-0.1, -0.05) is 59.4 Å². The molecule has 8 fully saturated rings. The van der Waals surface area contributed by atoms with Gasteiger partial charge in [-0.15, -0.1) is 0 Å². The quantitative estimate of drug-likeness (QED) is 0.196. The van der Waals surface area contributed by atoms with Gasteiger partial charge in [-0.2, -0.15) is 0 Å². The summed E-state index contributed by atoms with van der Waals surface area (Å²) >= 11 is 0. The number of fused-ring (bicyclic) bond motifs is 5. The molecule has 0 aromatic heterocycles. The lowest BCUT2D eigenvalue weighted by molar-refractivity contribution is -0.367. The maximum absolute atomic E-state index is 12.2. The highest BCUT2D eigenvalue weighted by molar-refractivity contribution is 5.66. The summed E-state index contributed by atoms with van der Waals surface area (Å²) in [6.07, 6.45) is 9.04. The Kier molecular flexibility index (Phi) is 11.6. The van der Waals surface area contributed by atoms with Crippen LogP contribution in [0.25, 0.3) is 0 Å². The molecule has 0 aromatic carbocycles. The van der Waals surface area contributed by atoms with Crippen LogP contribution in [-0.4, -0.2) is 123 Å². The molecule has 8 saturated heterocycles. The highest BCUT2D eigenvalue weighted by Crippen LogP contribution is 2.55. The minimum atomic E-state index is -2.12. The van der Waals surface area contributed by atoms with Crippen molar-refractivity contribution in [2.24, 2.45) is 29.6 Å². The third kappa shape index (κ3) is 7.91. The molecule has 60 heavy (non-hydrogen) atoms. The normalized spacial score (nSPS) is 52.9. The van der Waals surface area contributed by atoms with E-state index in [1.54, 1.807) is 0 Å². The van der Waals surface area contributed by atoms with E-state index in [2.05, 4.69) is 39.6 Å². The second-order valence-electron chi connectivity index (χ2n) is 20.5. The Morgan fingerprint density at radius 3 is 2.48 bits per heavy atom. The lowest BCUT2D eigenvalue weighted by atomic mass is 9.78. The Labute approximate surface area is 354 Å². The summed E-state index contributed by atoms with van der Waals surface area (Å²) in [5.74, 6) is -5.03. The number of rotatable bonds is 9. The Hall–Kier alpha value is -1.79. The van der Waals surface area contributed by atoms with Crippen LogP contribution in [0.15, 0.2) is 36.5 Å². The molecule has 0 aliphatic carbocycles. The molecule has 5 N–H and O–H groups in total. The topological polar surface area (TPSA) is 184 Å². The highest BCUT2D eigenvalue weighted by atomic mass is 16.8. The average molecular weight is 844 g/mol. The second kappa shape index (κ2) is 16.0. The van der Waals surface area contributed by atoms with E-state index >= 15 is 0 Å². The zero-order chi connectivity index (χ0) is 42.4. The number of piperidine rings is 1. The molecule has 0 saturated carbocycles. The fraction of sp³-hybridized carbons (Fsp3) is 0.848. The first-order valence-corrected chi connectivity index (χ1v) is 22.9. The molecule has 14 heteroatoms. The van der Waals surface area contributed by atoms with Crippen LogP contribution in [0.2, 0.25) is 0 Å². The predicted octanol–water partition coefficient (Wildman–Crippen LogP) is 4.98. The number of hydrogen-bond donors (Lipinski definition) is 5.